The average Bonchev–Trinajstić information content (AvgIpc) is 2.89. The third-order valence-corrected chi connectivity index (χ3v) is 5.67. The van der Waals surface area contributed by atoms with Crippen LogP contribution in [-0.2, 0) is 11.3 Å². The van der Waals surface area contributed by atoms with Gasteiger partial charge in [-0.05, 0) is 49.2 Å². The minimum atomic E-state index is -0.696. The zero-order chi connectivity index (χ0) is 26.7. The zero-order valence-corrected chi connectivity index (χ0v) is 21.3. The number of ether oxygens (including phenoxy) is 3. The number of esters is 1. The number of aromatic nitrogens is 3. The number of hydrogen-bond acceptors (Lipinski definition) is 7. The molecule has 4 rings (SSSR count). The third-order valence-electron chi connectivity index (χ3n) is 5.67. The predicted molar refractivity (Wildman–Crippen MR) is 137 cm³/mol. The quantitative estimate of drug-likeness (QED) is 0.280. The number of amides is 1. The van der Waals surface area contributed by atoms with Crippen molar-refractivity contribution in [2.24, 2.45) is 10.9 Å². The van der Waals surface area contributed by atoms with Crippen molar-refractivity contribution in [1.29, 1.82) is 0 Å². The van der Waals surface area contributed by atoms with Crippen LogP contribution in [0.1, 0.15) is 41.5 Å². The minimum absolute atomic E-state index is 0.00129. The van der Waals surface area contributed by atoms with Gasteiger partial charge in [0.15, 0.2) is 17.0 Å². The molecule has 0 fully saturated rings. The van der Waals surface area contributed by atoms with E-state index in [1.807, 2.05) is 13.8 Å². The molecule has 4 aromatic rings. The van der Waals surface area contributed by atoms with Gasteiger partial charge in [-0.3, -0.25) is 14.0 Å². The van der Waals surface area contributed by atoms with Gasteiger partial charge in [-0.25, -0.2) is 9.78 Å². The molecule has 0 N–H and O–H groups in total. The van der Waals surface area contributed by atoms with Gasteiger partial charge in [-0.1, -0.05) is 19.9 Å². The van der Waals surface area contributed by atoms with Crippen LogP contribution >= 0.6 is 0 Å². The van der Waals surface area contributed by atoms with Crippen molar-refractivity contribution in [3.63, 3.8) is 0 Å². The normalized spacial score (nSPS) is 11.8. The van der Waals surface area contributed by atoms with Crippen molar-refractivity contribution < 1.29 is 23.8 Å². The van der Waals surface area contributed by atoms with E-state index in [9.17, 15) is 14.4 Å². The van der Waals surface area contributed by atoms with Gasteiger partial charge >= 0.3 is 5.97 Å². The van der Waals surface area contributed by atoms with Crippen LogP contribution in [0, 0.1) is 5.92 Å². The number of hydrogen-bond donors (Lipinski definition) is 0. The van der Waals surface area contributed by atoms with E-state index in [1.54, 1.807) is 48.0 Å². The Hall–Kier alpha value is -4.47. The summed E-state index contributed by atoms with van der Waals surface area (Å²) >= 11 is 0. The fourth-order valence-electron chi connectivity index (χ4n) is 4.03. The van der Waals surface area contributed by atoms with Crippen molar-refractivity contribution in [1.82, 2.24) is 14.0 Å². The molecule has 1 amide bonds. The van der Waals surface area contributed by atoms with E-state index >= 15 is 0 Å². The predicted octanol–water partition coefficient (Wildman–Crippen LogP) is 3.24. The highest BCUT2D eigenvalue weighted by Crippen LogP contribution is 2.27. The third kappa shape index (κ3) is 4.95. The molecule has 3 heterocycles. The monoisotopic (exact) mass is 504 g/mol. The summed E-state index contributed by atoms with van der Waals surface area (Å²) in [5.74, 6) is -0.404. The Labute approximate surface area is 212 Å². The van der Waals surface area contributed by atoms with Crippen LogP contribution in [0.2, 0.25) is 0 Å². The van der Waals surface area contributed by atoms with Crippen molar-refractivity contribution in [3.8, 4) is 11.5 Å². The van der Waals surface area contributed by atoms with E-state index in [2.05, 4.69) is 4.99 Å². The molecule has 0 aliphatic heterocycles. The molecule has 0 saturated heterocycles. The molecule has 10 nitrogen and oxygen atoms in total. The first-order chi connectivity index (χ1) is 17.8. The first-order valence-electron chi connectivity index (χ1n) is 11.8. The molecular formula is C27H28N4O6. The molecule has 0 saturated carbocycles. The number of carbonyl (C=O) groups excluding carboxylic acids is 2. The standard InChI is InChI=1S/C27H28N4O6/c1-6-37-27(34)19-14-18-23(28-22-9-7-8-12-30(22)26(18)33)31(15-16(2)3)24(19)29-25(32)17-10-11-20(35-4)21(13-17)36-5/h7-14,16H,6,15H2,1-5H3. The molecule has 0 spiro atoms. The molecule has 10 heteroatoms. The number of fused-ring (bicyclic) bond motifs is 2. The van der Waals surface area contributed by atoms with Crippen LogP contribution in [-0.4, -0.2) is 46.7 Å². The number of methoxy groups -OCH3 is 2. The lowest BCUT2D eigenvalue weighted by Gasteiger charge is -2.16. The van der Waals surface area contributed by atoms with Crippen molar-refractivity contribution in [2.75, 3.05) is 20.8 Å². The molecule has 3 aromatic heterocycles. The second-order valence-electron chi connectivity index (χ2n) is 8.68. The summed E-state index contributed by atoms with van der Waals surface area (Å²) in [5, 5.41) is 0.213. The Morgan fingerprint density at radius 2 is 1.81 bits per heavy atom. The van der Waals surface area contributed by atoms with Gasteiger partial charge in [0.2, 0.25) is 0 Å². The highest BCUT2D eigenvalue weighted by molar-refractivity contribution is 5.97. The van der Waals surface area contributed by atoms with E-state index in [1.165, 1.54) is 30.8 Å². The van der Waals surface area contributed by atoms with Gasteiger partial charge in [0.1, 0.15) is 16.9 Å². The Morgan fingerprint density at radius 3 is 2.49 bits per heavy atom. The lowest BCUT2D eigenvalue weighted by atomic mass is 10.1. The summed E-state index contributed by atoms with van der Waals surface area (Å²) in [6.07, 6.45) is 1.61. The average molecular weight is 505 g/mol. The first-order valence-corrected chi connectivity index (χ1v) is 11.8. The Kier molecular flexibility index (Phi) is 7.37. The Morgan fingerprint density at radius 1 is 1.05 bits per heavy atom. The molecule has 0 radical (unpaired) electrons. The maximum atomic E-state index is 13.4. The minimum Gasteiger partial charge on any atom is -0.493 e. The van der Waals surface area contributed by atoms with Crippen LogP contribution < -0.4 is 20.5 Å². The molecule has 0 bridgehead atoms. The second-order valence-corrected chi connectivity index (χ2v) is 8.68. The molecule has 1 aromatic carbocycles. The topological polar surface area (TPSA) is 113 Å². The van der Waals surface area contributed by atoms with Gasteiger partial charge in [0, 0.05) is 18.3 Å². The van der Waals surface area contributed by atoms with Crippen molar-refractivity contribution in [3.05, 3.63) is 75.6 Å². The van der Waals surface area contributed by atoms with E-state index in [-0.39, 0.29) is 40.1 Å². The van der Waals surface area contributed by atoms with Crippen molar-refractivity contribution in [2.45, 2.75) is 27.3 Å². The van der Waals surface area contributed by atoms with Gasteiger partial charge in [-0.15, -0.1) is 0 Å². The van der Waals surface area contributed by atoms with Gasteiger partial charge in [0.05, 0.1) is 26.2 Å². The van der Waals surface area contributed by atoms with Crippen LogP contribution in [0.25, 0.3) is 16.7 Å². The van der Waals surface area contributed by atoms with E-state index in [0.29, 0.717) is 29.3 Å². The Balaban J connectivity index is 2.09. The van der Waals surface area contributed by atoms with Crippen LogP contribution in [0.5, 0.6) is 11.5 Å². The largest absolute Gasteiger partial charge is 0.493 e. The highest BCUT2D eigenvalue weighted by Gasteiger charge is 2.21. The molecular weight excluding hydrogens is 476 g/mol. The number of nitrogens with zero attached hydrogens (tertiary/aromatic N) is 4. The summed E-state index contributed by atoms with van der Waals surface area (Å²) in [6, 6.07) is 11.3. The number of benzene rings is 1. The molecule has 0 aliphatic rings. The van der Waals surface area contributed by atoms with E-state index in [4.69, 9.17) is 19.2 Å². The van der Waals surface area contributed by atoms with E-state index < -0.39 is 11.9 Å². The summed E-state index contributed by atoms with van der Waals surface area (Å²) < 4.78 is 18.9. The zero-order valence-electron chi connectivity index (χ0n) is 21.3. The highest BCUT2D eigenvalue weighted by atomic mass is 16.5. The summed E-state index contributed by atoms with van der Waals surface area (Å²) in [5.41, 5.74) is 0.692. The molecule has 192 valence electrons. The number of carbonyl (C=O) groups is 2. The molecule has 0 aliphatic carbocycles. The molecule has 0 unspecified atom stereocenters. The molecule has 0 atom stereocenters. The van der Waals surface area contributed by atoms with Crippen LogP contribution in [0.15, 0.2) is 58.4 Å². The summed E-state index contributed by atoms with van der Waals surface area (Å²) in [4.78, 5) is 48.8. The molecule has 37 heavy (non-hydrogen) atoms. The number of rotatable bonds is 7. The lowest BCUT2D eigenvalue weighted by Crippen LogP contribution is -2.33. The van der Waals surface area contributed by atoms with E-state index in [0.717, 1.165) is 0 Å². The van der Waals surface area contributed by atoms with Crippen molar-refractivity contribution >= 4 is 28.6 Å². The fourth-order valence-corrected chi connectivity index (χ4v) is 4.03. The SMILES string of the molecule is CCOC(=O)c1cc2c(=O)n3ccccc3nc2n(CC(C)C)c1=NC(=O)c1ccc(OC)c(OC)c1. The smallest absolute Gasteiger partial charge is 0.341 e. The summed E-state index contributed by atoms with van der Waals surface area (Å²) in [7, 11) is 2.97. The van der Waals surface area contributed by atoms with Crippen LogP contribution in [0.4, 0.5) is 0 Å². The Bertz CT molecular complexity index is 1630. The fraction of sp³-hybridized carbons (Fsp3) is 0.296. The second kappa shape index (κ2) is 10.7. The number of pyridine rings is 2. The maximum absolute atomic E-state index is 13.4. The summed E-state index contributed by atoms with van der Waals surface area (Å²) in [6.45, 7) is 6.08. The van der Waals surface area contributed by atoms with Crippen LogP contribution in [0.3, 0.4) is 0 Å². The lowest BCUT2D eigenvalue weighted by molar-refractivity contribution is 0.0523. The van der Waals surface area contributed by atoms with Gasteiger partial charge in [0.25, 0.3) is 11.5 Å². The van der Waals surface area contributed by atoms with Gasteiger partial charge in [-0.2, -0.15) is 4.99 Å². The maximum Gasteiger partial charge on any atom is 0.341 e. The van der Waals surface area contributed by atoms with Gasteiger partial charge < -0.3 is 18.8 Å². The first kappa shape index (κ1) is 25.6.